The van der Waals surface area contributed by atoms with Gasteiger partial charge in [-0.1, -0.05) is 0 Å². The smallest absolute Gasteiger partial charge is 0.258 e. The van der Waals surface area contributed by atoms with Gasteiger partial charge < -0.3 is 0 Å². The molecule has 0 spiro atoms. The maximum absolute atomic E-state index is 11.7. The zero-order valence-corrected chi connectivity index (χ0v) is 19.2. The van der Waals surface area contributed by atoms with Crippen LogP contribution in [-0.4, -0.2) is 49.2 Å². The van der Waals surface area contributed by atoms with Gasteiger partial charge >= 0.3 is 11.4 Å². The minimum Gasteiger partial charge on any atom is -0.258 e. The second kappa shape index (κ2) is 8.33. The predicted octanol–water partition coefficient (Wildman–Crippen LogP) is 3.40. The number of nitrogens with zero attached hydrogens (tertiary/aromatic N) is 10. The molecule has 0 radical (unpaired) electrons. The van der Waals surface area contributed by atoms with Crippen LogP contribution in [-0.2, 0) is 0 Å². The monoisotopic (exact) mass is 520 g/mol. The summed E-state index contributed by atoms with van der Waals surface area (Å²) in [7, 11) is 0. The van der Waals surface area contributed by atoms with E-state index in [1.54, 1.807) is 13.8 Å². The van der Waals surface area contributed by atoms with Crippen molar-refractivity contribution in [1.82, 2.24) is 29.5 Å². The van der Waals surface area contributed by atoms with E-state index in [9.17, 15) is 40.5 Å². The number of hydrogen-bond acceptors (Lipinski definition) is 12. The van der Waals surface area contributed by atoms with E-state index in [0.29, 0.717) is 11.4 Å². The Hall–Kier alpha value is -5.94. The molecule has 5 aromatic rings. The molecule has 0 aliphatic heterocycles. The second-order valence-corrected chi connectivity index (χ2v) is 7.94. The fraction of sp³-hybridized carbons (Fsp3) is 0.100. The third-order valence-corrected chi connectivity index (χ3v) is 5.64. The Balaban J connectivity index is 1.81. The summed E-state index contributed by atoms with van der Waals surface area (Å²) >= 11 is 0. The summed E-state index contributed by atoms with van der Waals surface area (Å²) < 4.78 is 2.19. The molecular formula is C20H12N10O8. The highest BCUT2D eigenvalue weighted by atomic mass is 16.6. The minimum absolute atomic E-state index is 0.0117. The molecule has 38 heavy (non-hydrogen) atoms. The molecule has 0 amide bonds. The molecule has 5 rings (SSSR count). The van der Waals surface area contributed by atoms with Gasteiger partial charge in [0.1, 0.15) is 22.4 Å². The Bertz CT molecular complexity index is 1740. The average Bonchev–Trinajstić information content (AvgIpc) is 3.37. The van der Waals surface area contributed by atoms with Gasteiger partial charge in [-0.05, 0) is 26.0 Å². The fourth-order valence-electron chi connectivity index (χ4n) is 3.93. The van der Waals surface area contributed by atoms with Gasteiger partial charge in [-0.3, -0.25) is 40.5 Å². The summed E-state index contributed by atoms with van der Waals surface area (Å²) in [6.07, 6.45) is 0. The van der Waals surface area contributed by atoms with E-state index < -0.39 is 42.4 Å². The number of fused-ring (bicyclic) bond motifs is 2. The number of aryl methyl sites for hydroxylation is 2. The van der Waals surface area contributed by atoms with Crippen LogP contribution in [0.3, 0.4) is 0 Å². The molecule has 18 heteroatoms. The van der Waals surface area contributed by atoms with Gasteiger partial charge in [0.15, 0.2) is 11.3 Å². The summed E-state index contributed by atoms with van der Waals surface area (Å²) in [4.78, 5) is 51.6. The first kappa shape index (κ1) is 23.8. The molecule has 0 fully saturated rings. The second-order valence-electron chi connectivity index (χ2n) is 7.94. The number of hydrogen-bond donors (Lipinski definition) is 0. The predicted molar refractivity (Wildman–Crippen MR) is 127 cm³/mol. The Labute approximate surface area is 208 Å². The SMILES string of the molecule is Cc1nn(-c2ccc([N+](=O)[O-])cc2[N+](=O)[O-])c2nc3c(nc12)c(C)nn3-c1ccc([N+](=O)[O-])cc1[N+](=O)[O-]. The molecule has 18 nitrogen and oxygen atoms in total. The lowest BCUT2D eigenvalue weighted by Gasteiger charge is -2.06. The third-order valence-electron chi connectivity index (χ3n) is 5.64. The maximum atomic E-state index is 11.7. The van der Waals surface area contributed by atoms with Gasteiger partial charge in [-0.2, -0.15) is 10.2 Å². The van der Waals surface area contributed by atoms with Crippen LogP contribution in [0.2, 0.25) is 0 Å². The summed E-state index contributed by atoms with van der Waals surface area (Å²) in [5, 5.41) is 54.3. The topological polar surface area (TPSA) is 234 Å². The fourth-order valence-corrected chi connectivity index (χ4v) is 3.93. The van der Waals surface area contributed by atoms with Crippen LogP contribution in [0.1, 0.15) is 11.4 Å². The van der Waals surface area contributed by atoms with E-state index in [1.807, 2.05) is 0 Å². The number of nitro groups is 4. The zero-order chi connectivity index (χ0) is 27.5. The number of nitro benzene ring substituents is 4. The van der Waals surface area contributed by atoms with Crippen LogP contribution in [0.25, 0.3) is 33.7 Å². The molecule has 0 saturated carbocycles. The summed E-state index contributed by atoms with van der Waals surface area (Å²) in [6, 6.07) is 6.03. The molecule has 0 N–H and O–H groups in total. The number of benzene rings is 2. The molecular weight excluding hydrogens is 508 g/mol. The molecule has 0 aliphatic rings. The lowest BCUT2D eigenvalue weighted by Crippen LogP contribution is -2.06. The van der Waals surface area contributed by atoms with Gasteiger partial charge in [0.25, 0.3) is 11.4 Å². The van der Waals surface area contributed by atoms with Crippen molar-refractivity contribution in [1.29, 1.82) is 0 Å². The van der Waals surface area contributed by atoms with Crippen molar-refractivity contribution in [3.63, 3.8) is 0 Å². The van der Waals surface area contributed by atoms with Crippen LogP contribution in [0.5, 0.6) is 0 Å². The minimum atomic E-state index is -0.800. The van der Waals surface area contributed by atoms with Crippen molar-refractivity contribution >= 4 is 45.1 Å². The van der Waals surface area contributed by atoms with Crippen LogP contribution in [0.15, 0.2) is 36.4 Å². The van der Waals surface area contributed by atoms with E-state index in [0.717, 1.165) is 45.8 Å². The summed E-state index contributed by atoms with van der Waals surface area (Å²) in [6.45, 7) is 3.16. The Morgan fingerprint density at radius 2 is 1.00 bits per heavy atom. The van der Waals surface area contributed by atoms with Crippen molar-refractivity contribution in [2.75, 3.05) is 0 Å². The van der Waals surface area contributed by atoms with Crippen LogP contribution >= 0.6 is 0 Å². The largest absolute Gasteiger partial charge is 0.301 e. The number of rotatable bonds is 6. The maximum Gasteiger partial charge on any atom is 0.301 e. The summed E-state index contributed by atoms with van der Waals surface area (Å²) in [5.74, 6) is 0. The molecule has 0 aliphatic carbocycles. The van der Waals surface area contributed by atoms with E-state index in [-0.39, 0.29) is 33.7 Å². The van der Waals surface area contributed by atoms with Crippen LogP contribution in [0, 0.1) is 54.3 Å². The lowest BCUT2D eigenvalue weighted by molar-refractivity contribution is -0.394. The third kappa shape index (κ3) is 3.59. The van der Waals surface area contributed by atoms with Crippen molar-refractivity contribution in [2.24, 2.45) is 0 Å². The first-order chi connectivity index (χ1) is 18.0. The molecule has 0 unspecified atom stereocenters. The first-order valence-corrected chi connectivity index (χ1v) is 10.5. The molecule has 0 atom stereocenters. The average molecular weight is 520 g/mol. The van der Waals surface area contributed by atoms with E-state index in [2.05, 4.69) is 20.2 Å². The van der Waals surface area contributed by atoms with Gasteiger partial charge in [0.2, 0.25) is 0 Å². The van der Waals surface area contributed by atoms with E-state index in [1.165, 1.54) is 0 Å². The van der Waals surface area contributed by atoms with Gasteiger partial charge in [0, 0.05) is 12.1 Å². The van der Waals surface area contributed by atoms with Crippen molar-refractivity contribution in [3.05, 3.63) is 88.2 Å². The highest BCUT2D eigenvalue weighted by molar-refractivity contribution is 5.88. The Kier molecular flexibility index (Phi) is 5.21. The van der Waals surface area contributed by atoms with Gasteiger partial charge in [0.05, 0.1) is 43.2 Å². The standard InChI is InChI=1S/C20H12N10O8/c1-9-17-19(25(23-9)13-5-3-11(27(31)32)7-15(13)29(35)36)22-20-18(21-17)10(2)24-26(20)14-6-4-12(28(33)34)8-16(14)30(37)38/h3-8H,1-2H3. The number of non-ortho nitro benzene ring substituents is 2. The lowest BCUT2D eigenvalue weighted by atomic mass is 10.2. The Morgan fingerprint density at radius 3 is 1.34 bits per heavy atom. The molecule has 0 saturated heterocycles. The highest BCUT2D eigenvalue weighted by Crippen LogP contribution is 2.33. The molecule has 190 valence electrons. The first-order valence-electron chi connectivity index (χ1n) is 10.5. The van der Waals surface area contributed by atoms with Crippen LogP contribution in [0.4, 0.5) is 22.7 Å². The highest BCUT2D eigenvalue weighted by Gasteiger charge is 2.27. The number of aromatic nitrogens is 6. The van der Waals surface area contributed by atoms with E-state index in [4.69, 9.17) is 0 Å². The van der Waals surface area contributed by atoms with Crippen molar-refractivity contribution in [3.8, 4) is 11.4 Å². The summed E-state index contributed by atoms with van der Waals surface area (Å²) in [5.41, 5.74) is -1.31. The molecule has 2 aromatic carbocycles. The normalized spacial score (nSPS) is 11.2. The molecule has 0 bridgehead atoms. The van der Waals surface area contributed by atoms with Crippen LogP contribution < -0.4 is 0 Å². The molecule has 3 heterocycles. The van der Waals surface area contributed by atoms with Gasteiger partial charge in [-0.25, -0.2) is 19.3 Å². The quantitative estimate of drug-likeness (QED) is 0.231. The van der Waals surface area contributed by atoms with Crippen molar-refractivity contribution in [2.45, 2.75) is 13.8 Å². The van der Waals surface area contributed by atoms with Gasteiger partial charge in [-0.15, -0.1) is 0 Å². The zero-order valence-electron chi connectivity index (χ0n) is 19.2. The van der Waals surface area contributed by atoms with E-state index >= 15 is 0 Å². The van der Waals surface area contributed by atoms with Crippen molar-refractivity contribution < 1.29 is 19.7 Å². The molecule has 3 aromatic heterocycles. The Morgan fingerprint density at radius 1 is 0.605 bits per heavy atom.